The number of phosphoric acid groups is 2. The zero-order valence-corrected chi connectivity index (χ0v) is 66.1. The van der Waals surface area contributed by atoms with Crippen molar-refractivity contribution in [3.05, 3.63) is 69.3 Å². The predicted octanol–water partition coefficient (Wildman–Crippen LogP) is 20.2. The fraction of sp³-hybridized carbons (Fsp3) is 0.903. The standard InChI is InChI=1S/C39H76B2N6O12P4.C23H47BN4O4P2/c1-7-11-13-15-18-22-38(58-60(5)40)24-30-50-32-36(44-46-42)34-56-62(48,52-26-9-3)54-28-20-17-21-29-55-63(49,53-27-10-4)57-35-37(45-47-43)33-51-31-25-39(59-61(6)41)23-19-16-14-12-8-2;1-8-10-11-12-13-14-23(32-33(7)24)15-17-29-18-22(26-27-25)19-31-34(30-16-9-2)28(20(3)4)21(5)6/h9-10,36-39H,3-4,7-8,11-35H2,1-2,5-6H3;9,20-23H,2,8,10-19H2,1,3-7H3/t36?,37?,38-,39-,60?,61?,62?,63?;22?,23-,33?,34?/m11/s1. The number of nitrogens with zero attached hydrogens (tertiary/aromatic N) is 10. The summed E-state index contributed by atoms with van der Waals surface area (Å²) in [6.45, 7) is 32.9. The molecule has 0 saturated heterocycles. The van der Waals surface area contributed by atoms with E-state index >= 15 is 0 Å². The molecule has 0 aliphatic heterocycles. The summed E-state index contributed by atoms with van der Waals surface area (Å²) in [5.74, 6) is 0. The Hall–Kier alpha value is -1.08. The summed E-state index contributed by atoms with van der Waals surface area (Å²) < 4.78 is 109. The van der Waals surface area contributed by atoms with Crippen LogP contribution >= 0.6 is 48.3 Å². The van der Waals surface area contributed by atoms with Gasteiger partial charge in [-0.2, -0.15) is 0 Å². The summed E-state index contributed by atoms with van der Waals surface area (Å²) in [4.78, 5) is 8.73. The van der Waals surface area contributed by atoms with Gasteiger partial charge in [0.1, 0.15) is 22.7 Å². The van der Waals surface area contributed by atoms with Crippen LogP contribution in [0.4, 0.5) is 0 Å². The quantitative estimate of drug-likeness (QED) is 0.0104. The first-order valence-corrected chi connectivity index (χ1v) is 44.1. The maximum absolute atomic E-state index is 13.4. The molecule has 556 valence electrons. The van der Waals surface area contributed by atoms with Crippen LogP contribution in [0.5, 0.6) is 0 Å². The van der Waals surface area contributed by atoms with Crippen LogP contribution in [0.15, 0.2) is 53.3 Å². The third-order valence-electron chi connectivity index (χ3n) is 13.9. The molecule has 0 bridgehead atoms. The third-order valence-corrected chi connectivity index (χ3v) is 20.7. The number of hydrogen-bond acceptors (Lipinski definition) is 20. The van der Waals surface area contributed by atoms with Crippen molar-refractivity contribution in [1.29, 1.82) is 0 Å². The Morgan fingerprint density at radius 2 is 0.742 bits per heavy atom. The zero-order chi connectivity index (χ0) is 72.6. The van der Waals surface area contributed by atoms with Crippen molar-refractivity contribution < 1.29 is 73.1 Å². The molecule has 9 unspecified atom stereocenters. The Kier molecular flexibility index (Phi) is 68.7. The third kappa shape index (κ3) is 60.0. The van der Waals surface area contributed by atoms with Gasteiger partial charge < -0.3 is 36.8 Å². The first-order chi connectivity index (χ1) is 46.6. The molecule has 0 aromatic rings. The monoisotopic (exact) mass is 1480 g/mol. The largest absolute Gasteiger partial charge is 0.475 e. The summed E-state index contributed by atoms with van der Waals surface area (Å²) in [6, 6.07) is -1.54. The first-order valence-electron chi connectivity index (χ1n) is 34.7. The molecule has 0 aliphatic carbocycles. The van der Waals surface area contributed by atoms with Crippen molar-refractivity contribution >= 4 is 71.0 Å². The van der Waals surface area contributed by atoms with E-state index in [9.17, 15) is 9.13 Å². The van der Waals surface area contributed by atoms with Gasteiger partial charge in [0.15, 0.2) is 0 Å². The molecule has 0 fully saturated rings. The molecule has 0 saturated carbocycles. The lowest BCUT2D eigenvalue weighted by Crippen LogP contribution is -2.34. The highest BCUT2D eigenvalue weighted by molar-refractivity contribution is 7.78. The van der Waals surface area contributed by atoms with E-state index in [4.69, 9.17) is 103 Å². The Morgan fingerprint density at radius 1 is 0.423 bits per heavy atom. The summed E-state index contributed by atoms with van der Waals surface area (Å²) in [5.41, 5.74) is 27.3. The van der Waals surface area contributed by atoms with Crippen LogP contribution in [0.3, 0.4) is 0 Å². The summed E-state index contributed by atoms with van der Waals surface area (Å²) >= 11 is 0. The van der Waals surface area contributed by atoms with Crippen LogP contribution in [0, 0.1) is 0 Å². The van der Waals surface area contributed by atoms with Crippen molar-refractivity contribution in [3.63, 3.8) is 0 Å². The predicted molar refractivity (Wildman–Crippen MR) is 402 cm³/mol. The van der Waals surface area contributed by atoms with Crippen molar-refractivity contribution in [1.82, 2.24) is 4.67 Å². The Balaban J connectivity index is 0. The number of unbranched alkanes of at least 4 members (excludes halogenated alkanes) is 14. The van der Waals surface area contributed by atoms with E-state index in [1.807, 2.05) is 20.0 Å². The topological polar surface area (TPSA) is 313 Å². The van der Waals surface area contributed by atoms with E-state index in [1.165, 1.54) is 76.4 Å². The molecule has 0 rings (SSSR count). The van der Waals surface area contributed by atoms with Gasteiger partial charge in [-0.1, -0.05) is 151 Å². The maximum Gasteiger partial charge on any atom is 0.475 e. The Morgan fingerprint density at radius 3 is 1.04 bits per heavy atom. The van der Waals surface area contributed by atoms with Gasteiger partial charge in [0.2, 0.25) is 0 Å². The molecule has 0 heterocycles. The average molecular weight is 1480 g/mol. The SMILES string of the molecule is [B]P(C)O[C@H](CCCCCCC)CCOCC(COP(=O)(OCC=C)OCCCCCOP(=O)(OCC=C)OCC(COCC[C@@H](CCCCCCC)OP([B])C)N=[N+]=[N-])N=[N+]=[N-].[B]P(C)O[C@H](CCCCCCC)CCOCC(COP(OCC=C)N(C(C)C)C(C)C)N=[N+]=[N-]. The number of hydrogen-bond donors (Lipinski definition) is 0. The van der Waals surface area contributed by atoms with Gasteiger partial charge in [-0.3, -0.25) is 27.1 Å². The van der Waals surface area contributed by atoms with Crippen molar-refractivity contribution in [2.24, 2.45) is 15.3 Å². The summed E-state index contributed by atoms with van der Waals surface area (Å²) in [7, 11) is 5.39. The second-order valence-corrected chi connectivity index (χ2v) is 32.4. The van der Waals surface area contributed by atoms with Gasteiger partial charge in [0, 0.05) is 46.6 Å². The highest BCUT2D eigenvalue weighted by Crippen LogP contribution is 2.51. The van der Waals surface area contributed by atoms with Gasteiger partial charge in [-0.05, 0) is 146 Å². The minimum atomic E-state index is -4.08. The van der Waals surface area contributed by atoms with Crippen molar-refractivity contribution in [2.45, 2.75) is 251 Å². The van der Waals surface area contributed by atoms with Gasteiger partial charge in [0.05, 0.1) is 109 Å². The molecular formula is C62H123B3N10O16P6. The summed E-state index contributed by atoms with van der Waals surface area (Å²) in [5, 5.41) is 11.3. The van der Waals surface area contributed by atoms with Crippen LogP contribution in [-0.2, 0) is 73.1 Å². The Bertz CT molecular complexity index is 2060. The number of phosphoric ester groups is 2. The lowest BCUT2D eigenvalue weighted by atomic mass is 10.1. The molecule has 26 nitrogen and oxygen atoms in total. The van der Waals surface area contributed by atoms with E-state index in [2.05, 4.69) is 103 Å². The highest BCUT2D eigenvalue weighted by Gasteiger charge is 2.31. The molecule has 0 N–H and O–H groups in total. The van der Waals surface area contributed by atoms with E-state index < -0.39 is 66.4 Å². The maximum atomic E-state index is 13.4. The second-order valence-electron chi connectivity index (χ2n) is 23.7. The fourth-order valence-corrected chi connectivity index (χ4v) is 15.4. The molecule has 0 aliphatic rings. The van der Waals surface area contributed by atoms with Crippen LogP contribution in [0.1, 0.15) is 203 Å². The Labute approximate surface area is 594 Å². The van der Waals surface area contributed by atoms with Crippen LogP contribution in [0.25, 0.3) is 31.3 Å². The van der Waals surface area contributed by atoms with Crippen LogP contribution in [-0.4, -0.2) is 188 Å². The van der Waals surface area contributed by atoms with Crippen molar-refractivity contribution in [2.75, 3.05) is 112 Å². The number of ether oxygens (including phenoxy) is 3. The molecule has 97 heavy (non-hydrogen) atoms. The van der Waals surface area contributed by atoms with Crippen LogP contribution < -0.4 is 0 Å². The first kappa shape index (κ1) is 98.0. The smallest absolute Gasteiger partial charge is 0.381 e. The lowest BCUT2D eigenvalue weighted by Gasteiger charge is -2.35. The van der Waals surface area contributed by atoms with Gasteiger partial charge >= 0.3 is 15.6 Å². The van der Waals surface area contributed by atoms with Crippen LogP contribution in [0.2, 0.25) is 0 Å². The highest BCUT2D eigenvalue weighted by atomic mass is 31.2. The van der Waals surface area contributed by atoms with E-state index in [0.717, 1.165) is 57.8 Å². The minimum Gasteiger partial charge on any atom is -0.381 e. The minimum absolute atomic E-state index is 0.00893. The molecule has 0 amide bonds. The summed E-state index contributed by atoms with van der Waals surface area (Å²) in [6.07, 6.45) is 28.4. The zero-order valence-electron chi connectivity index (χ0n) is 60.8. The molecule has 0 aromatic carbocycles. The molecule has 0 spiro atoms. The number of azide groups is 3. The van der Waals surface area contributed by atoms with E-state index in [-0.39, 0.29) is 96.5 Å². The molecular weight excluding hydrogens is 1360 g/mol. The molecule has 12 atom stereocenters. The molecule has 0 aromatic heterocycles. The molecule has 35 heteroatoms. The van der Waals surface area contributed by atoms with E-state index in [0.29, 0.717) is 58.5 Å². The molecule has 6 radical (unpaired) electrons. The number of rotatable bonds is 71. The van der Waals surface area contributed by atoms with Gasteiger partial charge in [0.25, 0.3) is 8.53 Å². The lowest BCUT2D eigenvalue weighted by molar-refractivity contribution is 0.0650. The second kappa shape index (κ2) is 68.1. The normalized spacial score (nSPS) is 16.0. The van der Waals surface area contributed by atoms with Gasteiger partial charge in [-0.15, -0.1) is 19.7 Å². The fourth-order valence-electron chi connectivity index (χ4n) is 9.26. The van der Waals surface area contributed by atoms with E-state index in [1.54, 1.807) is 6.08 Å². The average Bonchev–Trinajstić information content (AvgIpc) is 1.81. The van der Waals surface area contributed by atoms with Gasteiger partial charge in [-0.25, -0.2) is 13.8 Å². The van der Waals surface area contributed by atoms with Crippen molar-refractivity contribution in [3.8, 4) is 0 Å².